The van der Waals surface area contributed by atoms with Crippen molar-refractivity contribution in [2.24, 2.45) is 5.92 Å². The summed E-state index contributed by atoms with van der Waals surface area (Å²) in [6.45, 7) is 3.43. The lowest BCUT2D eigenvalue weighted by Crippen LogP contribution is -2.47. The third kappa shape index (κ3) is 2.62. The molecule has 0 radical (unpaired) electrons. The molecule has 0 spiro atoms. The van der Waals surface area contributed by atoms with Gasteiger partial charge < -0.3 is 15.3 Å². The Morgan fingerprint density at radius 3 is 3.00 bits per heavy atom. The molecule has 0 aromatic rings. The number of piperidine rings is 1. The fourth-order valence-electron chi connectivity index (χ4n) is 2.26. The van der Waals surface area contributed by atoms with E-state index in [2.05, 4.69) is 12.2 Å². The maximum atomic E-state index is 11.8. The zero-order valence-corrected chi connectivity index (χ0v) is 9.28. The molecular formula is C11H20N2O2. The molecule has 0 aromatic heterocycles. The van der Waals surface area contributed by atoms with E-state index in [1.54, 1.807) is 4.90 Å². The van der Waals surface area contributed by atoms with Crippen LogP contribution >= 0.6 is 0 Å². The summed E-state index contributed by atoms with van der Waals surface area (Å²) in [7, 11) is 0. The third-order valence-corrected chi connectivity index (χ3v) is 3.44. The number of carbonyl (C=O) groups excluding carboxylic acids is 1. The number of carbonyl (C=O) groups is 1. The van der Waals surface area contributed by atoms with Gasteiger partial charge in [0, 0.05) is 19.1 Å². The molecular weight excluding hydrogens is 192 g/mol. The van der Waals surface area contributed by atoms with Gasteiger partial charge in [-0.1, -0.05) is 13.3 Å². The molecule has 1 saturated heterocycles. The number of rotatable bonds is 2. The molecule has 0 bridgehead atoms. The van der Waals surface area contributed by atoms with Crippen LogP contribution in [0.3, 0.4) is 0 Å². The second kappa shape index (κ2) is 4.39. The summed E-state index contributed by atoms with van der Waals surface area (Å²) >= 11 is 0. The quantitative estimate of drug-likeness (QED) is 0.716. The summed E-state index contributed by atoms with van der Waals surface area (Å²) in [5.41, 5.74) is 0. The van der Waals surface area contributed by atoms with E-state index in [0.29, 0.717) is 18.5 Å². The number of aliphatic hydroxyl groups is 1. The van der Waals surface area contributed by atoms with E-state index in [9.17, 15) is 9.90 Å². The summed E-state index contributed by atoms with van der Waals surface area (Å²) in [6, 6.07) is 0.399. The number of likely N-dealkylation sites (tertiary alicyclic amines) is 1. The minimum Gasteiger partial charge on any atom is -0.391 e. The van der Waals surface area contributed by atoms with Crippen LogP contribution in [-0.2, 0) is 0 Å². The van der Waals surface area contributed by atoms with Gasteiger partial charge in [0.1, 0.15) is 0 Å². The summed E-state index contributed by atoms with van der Waals surface area (Å²) < 4.78 is 0. The highest BCUT2D eigenvalue weighted by atomic mass is 16.3. The van der Waals surface area contributed by atoms with Crippen molar-refractivity contribution in [3.63, 3.8) is 0 Å². The van der Waals surface area contributed by atoms with Crippen LogP contribution in [0.2, 0.25) is 0 Å². The summed E-state index contributed by atoms with van der Waals surface area (Å²) in [6.07, 6.45) is 3.68. The zero-order chi connectivity index (χ0) is 10.8. The van der Waals surface area contributed by atoms with Crippen molar-refractivity contribution in [2.75, 3.05) is 13.1 Å². The SMILES string of the molecule is CC[C@@H]1C[C@H]1NC(=O)N1CCCC(O)C1. The first-order valence-electron chi connectivity index (χ1n) is 5.94. The fourth-order valence-corrected chi connectivity index (χ4v) is 2.26. The molecule has 86 valence electrons. The third-order valence-electron chi connectivity index (χ3n) is 3.44. The van der Waals surface area contributed by atoms with Gasteiger partial charge in [-0.3, -0.25) is 0 Å². The lowest BCUT2D eigenvalue weighted by atomic mass is 10.1. The Balaban J connectivity index is 1.75. The highest BCUT2D eigenvalue weighted by Crippen LogP contribution is 2.33. The second-order valence-electron chi connectivity index (χ2n) is 4.70. The zero-order valence-electron chi connectivity index (χ0n) is 9.28. The number of amides is 2. The number of β-amino-alcohol motifs (C(OH)–C–C–N with tert-alkyl or cyclic N) is 1. The number of urea groups is 1. The van der Waals surface area contributed by atoms with Crippen LogP contribution in [0.4, 0.5) is 4.79 Å². The van der Waals surface area contributed by atoms with Gasteiger partial charge in [0.25, 0.3) is 0 Å². The number of hydrogen-bond acceptors (Lipinski definition) is 2. The van der Waals surface area contributed by atoms with Gasteiger partial charge >= 0.3 is 6.03 Å². The van der Waals surface area contributed by atoms with Crippen LogP contribution in [0.1, 0.15) is 32.6 Å². The van der Waals surface area contributed by atoms with Crippen LogP contribution in [0.15, 0.2) is 0 Å². The normalized spacial score (nSPS) is 35.1. The molecule has 1 aliphatic carbocycles. The molecule has 2 N–H and O–H groups in total. The highest BCUT2D eigenvalue weighted by Gasteiger charge is 2.37. The first kappa shape index (κ1) is 10.7. The van der Waals surface area contributed by atoms with Crippen LogP contribution in [-0.4, -0.2) is 41.3 Å². The molecule has 2 aliphatic rings. The predicted molar refractivity (Wildman–Crippen MR) is 57.5 cm³/mol. The first-order chi connectivity index (χ1) is 7.20. The number of aliphatic hydroxyl groups excluding tert-OH is 1. The standard InChI is InChI=1S/C11H20N2O2/c1-2-8-6-10(8)12-11(15)13-5-3-4-9(14)7-13/h8-10,14H,2-7H2,1H3,(H,12,15)/t8-,9?,10-/m1/s1. The van der Waals surface area contributed by atoms with Crippen LogP contribution in [0, 0.1) is 5.92 Å². The number of hydrogen-bond donors (Lipinski definition) is 2. The van der Waals surface area contributed by atoms with Crippen molar-refractivity contribution in [3.05, 3.63) is 0 Å². The average Bonchev–Trinajstić information content (AvgIpc) is 2.96. The van der Waals surface area contributed by atoms with Gasteiger partial charge in [0.2, 0.25) is 0 Å². The molecule has 2 amide bonds. The predicted octanol–water partition coefficient (Wildman–Crippen LogP) is 0.951. The summed E-state index contributed by atoms with van der Waals surface area (Å²) in [5.74, 6) is 0.684. The summed E-state index contributed by atoms with van der Waals surface area (Å²) in [4.78, 5) is 13.5. The van der Waals surface area contributed by atoms with Gasteiger partial charge in [-0.05, 0) is 25.2 Å². The van der Waals surface area contributed by atoms with Gasteiger partial charge in [-0.15, -0.1) is 0 Å². The van der Waals surface area contributed by atoms with E-state index < -0.39 is 0 Å². The molecule has 1 heterocycles. The molecule has 2 rings (SSSR count). The lowest BCUT2D eigenvalue weighted by Gasteiger charge is -2.30. The first-order valence-corrected chi connectivity index (χ1v) is 5.94. The Morgan fingerprint density at radius 2 is 2.40 bits per heavy atom. The Hall–Kier alpha value is -0.770. The minimum atomic E-state index is -0.328. The number of nitrogens with one attached hydrogen (secondary N) is 1. The van der Waals surface area contributed by atoms with Crippen molar-refractivity contribution in [1.82, 2.24) is 10.2 Å². The molecule has 15 heavy (non-hydrogen) atoms. The number of nitrogens with zero attached hydrogens (tertiary/aromatic N) is 1. The molecule has 2 fully saturated rings. The van der Waals surface area contributed by atoms with Crippen LogP contribution < -0.4 is 5.32 Å². The molecule has 4 heteroatoms. The van der Waals surface area contributed by atoms with Gasteiger partial charge in [0.15, 0.2) is 0 Å². The molecule has 1 saturated carbocycles. The van der Waals surface area contributed by atoms with E-state index in [1.165, 1.54) is 0 Å². The largest absolute Gasteiger partial charge is 0.391 e. The molecule has 4 nitrogen and oxygen atoms in total. The van der Waals surface area contributed by atoms with E-state index in [1.807, 2.05) is 0 Å². The van der Waals surface area contributed by atoms with Crippen molar-refractivity contribution in [1.29, 1.82) is 0 Å². The maximum absolute atomic E-state index is 11.8. The average molecular weight is 212 g/mol. The smallest absolute Gasteiger partial charge is 0.317 e. The van der Waals surface area contributed by atoms with E-state index in [0.717, 1.165) is 32.2 Å². The van der Waals surface area contributed by atoms with E-state index >= 15 is 0 Å². The Kier molecular flexibility index (Phi) is 3.14. The van der Waals surface area contributed by atoms with Gasteiger partial charge in [-0.25, -0.2) is 4.79 Å². The van der Waals surface area contributed by atoms with Gasteiger partial charge in [0.05, 0.1) is 6.10 Å². The van der Waals surface area contributed by atoms with Crippen molar-refractivity contribution in [2.45, 2.75) is 44.8 Å². The minimum absolute atomic E-state index is 0.00898. The highest BCUT2D eigenvalue weighted by molar-refractivity contribution is 5.75. The second-order valence-corrected chi connectivity index (χ2v) is 4.70. The van der Waals surface area contributed by atoms with Crippen molar-refractivity contribution >= 4 is 6.03 Å². The summed E-state index contributed by atoms with van der Waals surface area (Å²) in [5, 5.41) is 12.5. The molecule has 0 aromatic carbocycles. The molecule has 1 unspecified atom stereocenters. The Morgan fingerprint density at radius 1 is 1.60 bits per heavy atom. The molecule has 1 aliphatic heterocycles. The Bertz CT molecular complexity index is 245. The Labute approximate surface area is 90.6 Å². The monoisotopic (exact) mass is 212 g/mol. The van der Waals surface area contributed by atoms with Gasteiger partial charge in [-0.2, -0.15) is 0 Å². The van der Waals surface area contributed by atoms with E-state index in [4.69, 9.17) is 0 Å². The van der Waals surface area contributed by atoms with Crippen molar-refractivity contribution in [3.8, 4) is 0 Å². The topological polar surface area (TPSA) is 52.6 Å². The van der Waals surface area contributed by atoms with Crippen molar-refractivity contribution < 1.29 is 9.90 Å². The van der Waals surface area contributed by atoms with E-state index in [-0.39, 0.29) is 12.1 Å². The lowest BCUT2D eigenvalue weighted by molar-refractivity contribution is 0.0840. The molecule has 3 atom stereocenters. The van der Waals surface area contributed by atoms with Crippen LogP contribution in [0.25, 0.3) is 0 Å². The fraction of sp³-hybridized carbons (Fsp3) is 0.909. The van der Waals surface area contributed by atoms with Crippen LogP contribution in [0.5, 0.6) is 0 Å². The maximum Gasteiger partial charge on any atom is 0.317 e.